The van der Waals surface area contributed by atoms with E-state index in [0.717, 1.165) is 12.1 Å². The first-order chi connectivity index (χ1) is 16.1. The van der Waals surface area contributed by atoms with E-state index in [1.165, 1.54) is 36.7 Å². The van der Waals surface area contributed by atoms with Gasteiger partial charge >= 0.3 is 6.18 Å². The van der Waals surface area contributed by atoms with Crippen LogP contribution in [0.2, 0.25) is 10.0 Å². The molecular formula is C22H16Cl3F3N4O2. The third kappa shape index (κ3) is 4.87. The van der Waals surface area contributed by atoms with Gasteiger partial charge in [0.05, 0.1) is 11.4 Å². The van der Waals surface area contributed by atoms with Crippen LogP contribution in [-0.4, -0.2) is 22.8 Å². The zero-order valence-electron chi connectivity index (χ0n) is 17.2. The first-order valence-electron chi connectivity index (χ1n) is 9.93. The molecule has 0 saturated heterocycles. The number of rotatable bonds is 5. The maximum absolute atomic E-state index is 14.2. The van der Waals surface area contributed by atoms with Crippen molar-refractivity contribution in [1.82, 2.24) is 15.8 Å². The molecule has 1 aromatic carbocycles. The second-order valence-corrected chi connectivity index (χ2v) is 8.92. The van der Waals surface area contributed by atoms with Crippen LogP contribution in [0.1, 0.15) is 35.2 Å². The Morgan fingerprint density at radius 1 is 1.06 bits per heavy atom. The average Bonchev–Trinajstić information content (AvgIpc) is 3.25. The van der Waals surface area contributed by atoms with E-state index in [9.17, 15) is 18.0 Å². The van der Waals surface area contributed by atoms with E-state index in [4.69, 9.17) is 39.6 Å². The number of halogens is 6. The van der Waals surface area contributed by atoms with Crippen molar-refractivity contribution in [3.63, 3.8) is 0 Å². The number of hydrogen-bond acceptors (Lipinski definition) is 5. The molecule has 1 atom stereocenters. The number of aromatic nitrogens is 1. The molecule has 1 aliphatic heterocycles. The number of amides is 1. The van der Waals surface area contributed by atoms with Crippen molar-refractivity contribution in [3.05, 3.63) is 86.3 Å². The zero-order valence-corrected chi connectivity index (χ0v) is 19.5. The summed E-state index contributed by atoms with van der Waals surface area (Å²) in [5.74, 6) is -0.435. The molecule has 0 spiro atoms. The molecule has 0 radical (unpaired) electrons. The van der Waals surface area contributed by atoms with Crippen molar-refractivity contribution in [2.75, 3.05) is 0 Å². The average molecular weight is 532 g/mol. The van der Waals surface area contributed by atoms with Gasteiger partial charge in [-0.1, -0.05) is 40.0 Å². The van der Waals surface area contributed by atoms with Crippen LogP contribution < -0.4 is 10.9 Å². The number of pyridine rings is 1. The number of carbonyl (C=O) groups excluding carboxylic acids is 1. The first kappa shape index (κ1) is 24.4. The minimum Gasteiger partial charge on any atom is -0.374 e. The number of hydrogen-bond donors (Lipinski definition) is 2. The van der Waals surface area contributed by atoms with E-state index >= 15 is 0 Å². The van der Waals surface area contributed by atoms with Gasteiger partial charge in [0.1, 0.15) is 0 Å². The van der Waals surface area contributed by atoms with Gasteiger partial charge in [-0.05, 0) is 54.8 Å². The van der Waals surface area contributed by atoms with E-state index in [2.05, 4.69) is 21.0 Å². The van der Waals surface area contributed by atoms with Gasteiger partial charge in [0.2, 0.25) is 0 Å². The molecule has 2 heterocycles. The Morgan fingerprint density at radius 2 is 1.74 bits per heavy atom. The normalized spacial score (nSPS) is 20.4. The van der Waals surface area contributed by atoms with Crippen LogP contribution >= 0.6 is 34.8 Å². The SMILES string of the molecule is O=C(NNC1=C(Cl)CCC(C2=NOC(c3cc(Cl)cc(Cl)c3)(C(F)(F)F)C2)=C1)c1ccncc1. The topological polar surface area (TPSA) is 75.6 Å². The third-order valence-corrected chi connectivity index (χ3v) is 6.19. The van der Waals surface area contributed by atoms with Gasteiger partial charge in [-0.15, -0.1) is 0 Å². The lowest BCUT2D eigenvalue weighted by Gasteiger charge is -2.30. The van der Waals surface area contributed by atoms with Crippen LogP contribution in [0.5, 0.6) is 0 Å². The first-order valence-corrected chi connectivity index (χ1v) is 11.1. The van der Waals surface area contributed by atoms with Gasteiger partial charge in [-0.3, -0.25) is 20.6 Å². The van der Waals surface area contributed by atoms with Gasteiger partial charge < -0.3 is 4.84 Å². The van der Waals surface area contributed by atoms with E-state index in [1.807, 2.05) is 0 Å². The van der Waals surface area contributed by atoms with E-state index in [-0.39, 0.29) is 21.3 Å². The molecule has 1 aromatic heterocycles. The number of hydrazine groups is 1. The quantitative estimate of drug-likeness (QED) is 0.462. The van der Waals surface area contributed by atoms with Gasteiger partial charge in [0.15, 0.2) is 0 Å². The minimum absolute atomic E-state index is 0.0474. The summed E-state index contributed by atoms with van der Waals surface area (Å²) in [5.41, 5.74) is 3.55. The molecule has 1 unspecified atom stereocenters. The van der Waals surface area contributed by atoms with Gasteiger partial charge in [0, 0.05) is 45.0 Å². The van der Waals surface area contributed by atoms with Crippen LogP contribution in [-0.2, 0) is 10.4 Å². The number of benzene rings is 1. The smallest absolute Gasteiger partial charge is 0.374 e. The van der Waals surface area contributed by atoms with Crippen molar-refractivity contribution in [3.8, 4) is 0 Å². The molecule has 1 aliphatic carbocycles. The minimum atomic E-state index is -4.80. The second-order valence-electron chi connectivity index (χ2n) is 7.59. The molecule has 0 fully saturated rings. The van der Waals surface area contributed by atoms with Crippen molar-refractivity contribution >= 4 is 46.4 Å². The largest absolute Gasteiger partial charge is 0.435 e. The van der Waals surface area contributed by atoms with Crippen molar-refractivity contribution in [2.45, 2.75) is 31.0 Å². The van der Waals surface area contributed by atoms with Crippen LogP contribution in [0, 0.1) is 0 Å². The van der Waals surface area contributed by atoms with Crippen molar-refractivity contribution < 1.29 is 22.8 Å². The van der Waals surface area contributed by atoms with Gasteiger partial charge in [-0.2, -0.15) is 13.2 Å². The Kier molecular flexibility index (Phi) is 6.80. The summed E-state index contributed by atoms with van der Waals surface area (Å²) in [7, 11) is 0. The highest BCUT2D eigenvalue weighted by Crippen LogP contribution is 2.50. The molecule has 6 nitrogen and oxygen atoms in total. The highest BCUT2D eigenvalue weighted by molar-refractivity contribution is 6.34. The maximum atomic E-state index is 14.2. The number of allylic oxidation sites excluding steroid dienone is 3. The molecule has 1 amide bonds. The Balaban J connectivity index is 1.55. The fraction of sp³-hybridized carbons (Fsp3) is 0.227. The molecule has 12 heteroatoms. The number of nitrogens with zero attached hydrogens (tertiary/aromatic N) is 2. The summed E-state index contributed by atoms with van der Waals surface area (Å²) in [4.78, 5) is 21.1. The summed E-state index contributed by atoms with van der Waals surface area (Å²) in [6.45, 7) is 0. The predicted molar refractivity (Wildman–Crippen MR) is 122 cm³/mol. The Hall–Kier alpha value is -2.75. The highest BCUT2D eigenvalue weighted by atomic mass is 35.5. The predicted octanol–water partition coefficient (Wildman–Crippen LogP) is 6.03. The second kappa shape index (κ2) is 9.48. The zero-order chi connectivity index (χ0) is 24.5. The summed E-state index contributed by atoms with van der Waals surface area (Å²) >= 11 is 18.2. The molecule has 0 saturated carbocycles. The summed E-state index contributed by atoms with van der Waals surface area (Å²) in [6.07, 6.45) is -0.216. The maximum Gasteiger partial charge on any atom is 0.435 e. The number of carbonyl (C=O) groups is 1. The molecule has 34 heavy (non-hydrogen) atoms. The highest BCUT2D eigenvalue weighted by Gasteiger charge is 2.62. The molecular weight excluding hydrogens is 516 g/mol. The van der Waals surface area contributed by atoms with E-state index in [1.54, 1.807) is 0 Å². The van der Waals surface area contributed by atoms with Crippen LogP contribution in [0.15, 0.2) is 70.3 Å². The molecule has 0 bridgehead atoms. The lowest BCUT2D eigenvalue weighted by molar-refractivity contribution is -0.275. The van der Waals surface area contributed by atoms with Gasteiger partial charge in [0.25, 0.3) is 11.5 Å². The van der Waals surface area contributed by atoms with Crippen LogP contribution in [0.4, 0.5) is 13.2 Å². The van der Waals surface area contributed by atoms with E-state index in [0.29, 0.717) is 34.7 Å². The summed E-state index contributed by atoms with van der Waals surface area (Å²) in [5, 5.41) is 4.27. The van der Waals surface area contributed by atoms with Crippen molar-refractivity contribution in [1.29, 1.82) is 0 Å². The van der Waals surface area contributed by atoms with Gasteiger partial charge in [-0.25, -0.2) is 0 Å². The molecule has 4 rings (SSSR count). The number of oxime groups is 1. The van der Waals surface area contributed by atoms with Crippen LogP contribution in [0.25, 0.3) is 0 Å². The third-order valence-electron chi connectivity index (χ3n) is 5.36. The Labute approximate surface area is 207 Å². The summed E-state index contributed by atoms with van der Waals surface area (Å²) < 4.78 is 42.6. The van der Waals surface area contributed by atoms with Crippen LogP contribution in [0.3, 0.4) is 0 Å². The monoisotopic (exact) mass is 530 g/mol. The lowest BCUT2D eigenvalue weighted by atomic mass is 9.85. The fourth-order valence-electron chi connectivity index (χ4n) is 3.60. The summed E-state index contributed by atoms with van der Waals surface area (Å²) in [6, 6.07) is 6.71. The fourth-order valence-corrected chi connectivity index (χ4v) is 4.32. The molecule has 2 aromatic rings. The number of alkyl halides is 3. The lowest BCUT2D eigenvalue weighted by Crippen LogP contribution is -2.42. The Morgan fingerprint density at radius 3 is 2.38 bits per heavy atom. The standard InChI is InChI=1S/C22H16Cl3F3N4O2/c23-15-8-14(9-16(24)10-15)21(22(26,27)28)11-19(32-34-21)13-1-2-17(25)18(7-13)30-31-20(33)12-3-5-29-6-4-12/h3-10,30H,1-2,11H2,(H,31,33). The Bertz CT molecular complexity index is 1200. The van der Waals surface area contributed by atoms with E-state index < -0.39 is 24.1 Å². The molecule has 2 aliphatic rings. The molecule has 2 N–H and O–H groups in total. The molecule has 178 valence electrons. The van der Waals surface area contributed by atoms with Crippen molar-refractivity contribution in [2.24, 2.45) is 5.16 Å². The number of nitrogens with one attached hydrogen (secondary N) is 2.